The Morgan fingerprint density at radius 2 is 1.94 bits per heavy atom. The molecule has 0 N–H and O–H groups in total. The van der Waals surface area contributed by atoms with Crippen LogP contribution in [-0.2, 0) is 16.2 Å². The molecule has 5 rings (SSSR count). The van der Waals surface area contributed by atoms with Crippen LogP contribution in [0.1, 0.15) is 27.0 Å². The number of thioether (sulfide) groups is 1. The van der Waals surface area contributed by atoms with Gasteiger partial charge in [-0.25, -0.2) is 4.39 Å². The van der Waals surface area contributed by atoms with Crippen molar-refractivity contribution in [1.82, 2.24) is 4.90 Å². The predicted octanol–water partition coefficient (Wildman–Crippen LogP) is 4.94. The molecule has 0 unspecified atom stereocenters. The minimum Gasteiger partial charge on any atom is -0.311 e. The monoisotopic (exact) mass is 477 g/mol. The van der Waals surface area contributed by atoms with Crippen molar-refractivity contribution in [3.05, 3.63) is 99.8 Å². The van der Waals surface area contributed by atoms with E-state index in [1.165, 1.54) is 36.0 Å². The lowest BCUT2D eigenvalue weighted by molar-refractivity contribution is -0.123. The number of hydrogen-bond acceptors (Lipinski definition) is 4. The lowest BCUT2D eigenvalue weighted by Crippen LogP contribution is -2.50. The van der Waals surface area contributed by atoms with E-state index in [0.717, 1.165) is 5.56 Å². The topological polar surface area (TPSA) is 64.4 Å². The summed E-state index contributed by atoms with van der Waals surface area (Å²) < 4.78 is 13.4. The summed E-state index contributed by atoms with van der Waals surface area (Å²) in [6.07, 6.45) is 0. The summed E-state index contributed by atoms with van der Waals surface area (Å²) in [5.41, 5.74) is 2.97. The van der Waals surface area contributed by atoms with Gasteiger partial charge in [0.05, 0.1) is 23.9 Å². The number of nitrogens with zero attached hydrogens (tertiary/aromatic N) is 3. The Labute approximate surface area is 199 Å². The largest absolute Gasteiger partial charge is 0.311 e. The zero-order chi connectivity index (χ0) is 23.2. The minimum absolute atomic E-state index is 0.236. The molecule has 1 atom stereocenters. The van der Waals surface area contributed by atoms with E-state index in [2.05, 4.69) is 6.07 Å². The highest BCUT2D eigenvalue weighted by Crippen LogP contribution is 2.55. The maximum absolute atomic E-state index is 14.0. The first-order valence-electron chi connectivity index (χ1n) is 10.3. The zero-order valence-corrected chi connectivity index (χ0v) is 18.9. The maximum atomic E-state index is 14.0. The highest BCUT2D eigenvalue weighted by molar-refractivity contribution is 8.01. The molecular weight excluding hydrogens is 461 g/mol. The molecule has 0 aromatic heterocycles. The van der Waals surface area contributed by atoms with Gasteiger partial charge in [-0.1, -0.05) is 23.7 Å². The summed E-state index contributed by atoms with van der Waals surface area (Å²) in [5, 5.41) is 9.70. The SMILES string of the molecule is N#Cc1cccc(CN2C(=O)[C@@]3(SCCN3C(=O)c3ccc(F)cc3)c3cc(Cl)ccc32)c1. The lowest BCUT2D eigenvalue weighted by Gasteiger charge is -2.33. The Bertz CT molecular complexity index is 1320. The van der Waals surface area contributed by atoms with Gasteiger partial charge in [0.15, 0.2) is 4.87 Å². The van der Waals surface area contributed by atoms with Crippen molar-refractivity contribution < 1.29 is 14.0 Å². The molecule has 2 aliphatic rings. The number of carbonyl (C=O) groups excluding carboxylic acids is 2. The normalized spacial score (nSPS) is 19.1. The maximum Gasteiger partial charge on any atom is 0.268 e. The highest BCUT2D eigenvalue weighted by atomic mass is 35.5. The lowest BCUT2D eigenvalue weighted by atomic mass is 10.0. The summed E-state index contributed by atoms with van der Waals surface area (Å²) in [6.45, 7) is 0.625. The average molecular weight is 478 g/mol. The van der Waals surface area contributed by atoms with Crippen molar-refractivity contribution in [3.8, 4) is 6.07 Å². The van der Waals surface area contributed by atoms with Gasteiger partial charge in [-0.3, -0.25) is 9.59 Å². The molecule has 1 spiro atoms. The van der Waals surface area contributed by atoms with Gasteiger partial charge in [0.1, 0.15) is 5.82 Å². The van der Waals surface area contributed by atoms with Crippen LogP contribution in [0.25, 0.3) is 0 Å². The van der Waals surface area contributed by atoms with Crippen LogP contribution in [-0.4, -0.2) is 29.0 Å². The number of benzene rings is 3. The highest BCUT2D eigenvalue weighted by Gasteiger charge is 2.59. The van der Waals surface area contributed by atoms with Crippen molar-refractivity contribution in [2.45, 2.75) is 11.4 Å². The molecule has 33 heavy (non-hydrogen) atoms. The van der Waals surface area contributed by atoms with Crippen LogP contribution in [0.15, 0.2) is 66.7 Å². The van der Waals surface area contributed by atoms with Gasteiger partial charge in [-0.2, -0.15) is 5.26 Å². The number of nitriles is 1. The molecule has 3 aromatic carbocycles. The number of halogens is 2. The summed E-state index contributed by atoms with van der Waals surface area (Å²) in [4.78, 5) is 29.4. The smallest absolute Gasteiger partial charge is 0.268 e. The summed E-state index contributed by atoms with van der Waals surface area (Å²) in [6, 6.07) is 19.8. The van der Waals surface area contributed by atoms with Crippen LogP contribution in [0.3, 0.4) is 0 Å². The van der Waals surface area contributed by atoms with Crippen LogP contribution >= 0.6 is 23.4 Å². The van der Waals surface area contributed by atoms with Crippen molar-refractivity contribution in [3.63, 3.8) is 0 Å². The first-order valence-corrected chi connectivity index (χ1v) is 11.6. The van der Waals surface area contributed by atoms with E-state index in [4.69, 9.17) is 11.6 Å². The van der Waals surface area contributed by atoms with E-state index in [0.29, 0.717) is 39.7 Å². The van der Waals surface area contributed by atoms with Crippen LogP contribution in [0, 0.1) is 17.1 Å². The average Bonchev–Trinajstić information content (AvgIpc) is 3.36. The van der Waals surface area contributed by atoms with Gasteiger partial charge in [0.2, 0.25) is 0 Å². The molecule has 164 valence electrons. The van der Waals surface area contributed by atoms with Gasteiger partial charge in [-0.05, 0) is 60.2 Å². The number of carbonyl (C=O) groups is 2. The molecule has 5 nitrogen and oxygen atoms in total. The molecule has 2 aliphatic heterocycles. The quantitative estimate of drug-likeness (QED) is 0.536. The third-order valence-electron chi connectivity index (χ3n) is 5.89. The van der Waals surface area contributed by atoms with E-state index < -0.39 is 10.7 Å². The molecule has 0 saturated carbocycles. The van der Waals surface area contributed by atoms with Crippen LogP contribution in [0.2, 0.25) is 5.02 Å². The number of anilines is 1. The van der Waals surface area contributed by atoms with E-state index in [-0.39, 0.29) is 18.4 Å². The molecule has 8 heteroatoms. The second-order valence-electron chi connectivity index (χ2n) is 7.82. The van der Waals surface area contributed by atoms with E-state index in [1.54, 1.807) is 46.2 Å². The van der Waals surface area contributed by atoms with Gasteiger partial charge in [-0.15, -0.1) is 11.8 Å². The predicted molar refractivity (Wildman–Crippen MR) is 125 cm³/mol. The van der Waals surface area contributed by atoms with Gasteiger partial charge < -0.3 is 9.80 Å². The zero-order valence-electron chi connectivity index (χ0n) is 17.3. The molecular formula is C25H17ClFN3O2S. The standard InChI is InChI=1S/C25H17ClFN3O2S/c26-19-6-9-22-21(13-19)25(24(32)29(22)15-17-3-1-2-16(12-17)14-28)30(10-11-33-25)23(31)18-4-7-20(27)8-5-18/h1-9,12-13H,10-11,15H2/t25-/m0/s1. The minimum atomic E-state index is -1.25. The van der Waals surface area contributed by atoms with Crippen LogP contribution in [0.5, 0.6) is 0 Å². The third-order valence-corrected chi connectivity index (χ3v) is 7.54. The molecule has 3 aromatic rings. The number of rotatable bonds is 3. The first kappa shape index (κ1) is 21.5. The number of amides is 2. The Kier molecular flexibility index (Phi) is 5.35. The van der Waals surface area contributed by atoms with Crippen molar-refractivity contribution >= 4 is 40.9 Å². The third kappa shape index (κ3) is 3.47. The molecule has 1 saturated heterocycles. The molecule has 2 heterocycles. The Morgan fingerprint density at radius 1 is 1.15 bits per heavy atom. The Morgan fingerprint density at radius 3 is 2.70 bits per heavy atom. The first-order chi connectivity index (χ1) is 15.9. The van der Waals surface area contributed by atoms with E-state index >= 15 is 0 Å². The van der Waals surface area contributed by atoms with Crippen molar-refractivity contribution in [2.75, 3.05) is 17.2 Å². The number of hydrogen-bond donors (Lipinski definition) is 0. The van der Waals surface area contributed by atoms with Gasteiger partial charge in [0.25, 0.3) is 11.8 Å². The Balaban J connectivity index is 1.59. The fourth-order valence-corrected chi connectivity index (χ4v) is 6.04. The van der Waals surface area contributed by atoms with Crippen LogP contribution in [0.4, 0.5) is 10.1 Å². The second-order valence-corrected chi connectivity index (χ2v) is 9.55. The van der Waals surface area contributed by atoms with Crippen molar-refractivity contribution in [1.29, 1.82) is 5.26 Å². The second kappa shape index (κ2) is 8.22. The van der Waals surface area contributed by atoms with E-state index in [9.17, 15) is 19.2 Å². The molecule has 1 fully saturated rings. The van der Waals surface area contributed by atoms with Gasteiger partial charge >= 0.3 is 0 Å². The molecule has 0 bridgehead atoms. The summed E-state index contributed by atoms with van der Waals surface area (Å²) in [5.74, 6) is -0.438. The summed E-state index contributed by atoms with van der Waals surface area (Å²) >= 11 is 7.72. The number of fused-ring (bicyclic) bond motifs is 2. The summed E-state index contributed by atoms with van der Waals surface area (Å²) in [7, 11) is 0. The van der Waals surface area contributed by atoms with Crippen LogP contribution < -0.4 is 4.90 Å². The van der Waals surface area contributed by atoms with Gasteiger partial charge in [0, 0.05) is 28.4 Å². The molecule has 2 amide bonds. The van der Waals surface area contributed by atoms with E-state index in [1.807, 2.05) is 6.07 Å². The Hall–Kier alpha value is -3.34. The molecule has 0 radical (unpaired) electrons. The molecule has 0 aliphatic carbocycles. The fraction of sp³-hybridized carbons (Fsp3) is 0.160. The van der Waals surface area contributed by atoms with Crippen molar-refractivity contribution in [2.24, 2.45) is 0 Å². The fourth-order valence-electron chi connectivity index (χ4n) is 4.41.